The van der Waals surface area contributed by atoms with E-state index in [4.69, 9.17) is 4.42 Å². The van der Waals surface area contributed by atoms with E-state index in [1.807, 2.05) is 0 Å². The summed E-state index contributed by atoms with van der Waals surface area (Å²) < 4.78 is 5.70. The second-order valence-electron chi connectivity index (χ2n) is 6.65. The lowest BCUT2D eigenvalue weighted by atomic mass is 10.1. The van der Waals surface area contributed by atoms with Gasteiger partial charge in [0.1, 0.15) is 6.26 Å². The van der Waals surface area contributed by atoms with Gasteiger partial charge < -0.3 is 14.6 Å². The number of hydrogen-bond acceptors (Lipinski definition) is 4. The van der Waals surface area contributed by atoms with Crippen molar-refractivity contribution in [3.05, 3.63) is 12.0 Å². The first kappa shape index (κ1) is 18.0. The van der Waals surface area contributed by atoms with E-state index in [1.165, 1.54) is 12.8 Å². The van der Waals surface area contributed by atoms with Crippen molar-refractivity contribution in [2.45, 2.75) is 60.4 Å². The second-order valence-corrected chi connectivity index (χ2v) is 6.65. The van der Waals surface area contributed by atoms with Crippen LogP contribution in [0.5, 0.6) is 0 Å². The molecule has 1 aromatic rings. The Labute approximate surface area is 130 Å². The van der Waals surface area contributed by atoms with Crippen molar-refractivity contribution in [3.8, 4) is 0 Å². The molecule has 0 amide bonds. The maximum Gasteiger partial charge on any atom is 0.297 e. The number of nitrogens with one attached hydrogen (secondary N) is 1. The van der Waals surface area contributed by atoms with Crippen molar-refractivity contribution in [2.75, 3.05) is 24.5 Å². The molecule has 0 saturated heterocycles. The quantitative estimate of drug-likeness (QED) is 0.625. The van der Waals surface area contributed by atoms with Gasteiger partial charge in [-0.15, -0.1) is 0 Å². The molecule has 21 heavy (non-hydrogen) atoms. The fraction of sp³-hybridized carbons (Fsp3) is 0.824. The molecule has 0 aliphatic carbocycles. The first-order valence-corrected chi connectivity index (χ1v) is 8.43. The van der Waals surface area contributed by atoms with Crippen LogP contribution in [0.15, 0.2) is 10.7 Å². The molecule has 4 heteroatoms. The van der Waals surface area contributed by atoms with E-state index in [1.54, 1.807) is 6.26 Å². The summed E-state index contributed by atoms with van der Waals surface area (Å²) in [6, 6.07) is 0.782. The minimum absolute atomic E-state index is 0.701. The maximum absolute atomic E-state index is 5.70. The maximum atomic E-state index is 5.70. The molecule has 1 heterocycles. The number of hydrogen-bond donors (Lipinski definition) is 1. The van der Waals surface area contributed by atoms with Gasteiger partial charge in [0.25, 0.3) is 6.01 Å². The molecule has 0 spiro atoms. The molecule has 0 aromatic carbocycles. The summed E-state index contributed by atoms with van der Waals surface area (Å²) in [7, 11) is 0. The van der Waals surface area contributed by atoms with Gasteiger partial charge in [0.05, 0.1) is 5.69 Å². The molecule has 0 unspecified atom stereocenters. The molecular weight excluding hydrogens is 262 g/mol. The van der Waals surface area contributed by atoms with Crippen LogP contribution >= 0.6 is 0 Å². The van der Waals surface area contributed by atoms with Crippen LogP contribution in [-0.4, -0.2) is 24.6 Å². The van der Waals surface area contributed by atoms with Gasteiger partial charge in [0.2, 0.25) is 0 Å². The molecule has 0 atom stereocenters. The van der Waals surface area contributed by atoms with Gasteiger partial charge in [-0.2, -0.15) is 4.98 Å². The van der Waals surface area contributed by atoms with Gasteiger partial charge >= 0.3 is 0 Å². The Balaban J connectivity index is 2.58. The zero-order valence-electron chi connectivity index (χ0n) is 14.5. The molecule has 0 saturated carbocycles. The highest BCUT2D eigenvalue weighted by Gasteiger charge is 2.14. The molecule has 4 nitrogen and oxygen atoms in total. The van der Waals surface area contributed by atoms with Gasteiger partial charge in [-0.1, -0.05) is 34.6 Å². The zero-order valence-corrected chi connectivity index (χ0v) is 14.5. The van der Waals surface area contributed by atoms with Crippen LogP contribution < -0.4 is 10.2 Å². The molecule has 0 bridgehead atoms. The molecular formula is C17H33N3O. The first-order valence-electron chi connectivity index (χ1n) is 8.43. The summed E-state index contributed by atoms with van der Waals surface area (Å²) >= 11 is 0. The molecule has 122 valence electrons. The van der Waals surface area contributed by atoms with Crippen LogP contribution in [-0.2, 0) is 6.54 Å². The van der Waals surface area contributed by atoms with Gasteiger partial charge in [0.15, 0.2) is 0 Å². The number of aromatic nitrogens is 1. The van der Waals surface area contributed by atoms with Crippen LogP contribution in [0.25, 0.3) is 0 Å². The molecule has 0 radical (unpaired) electrons. The van der Waals surface area contributed by atoms with Crippen molar-refractivity contribution in [2.24, 2.45) is 11.8 Å². The van der Waals surface area contributed by atoms with E-state index in [2.05, 4.69) is 49.8 Å². The van der Waals surface area contributed by atoms with E-state index < -0.39 is 0 Å². The summed E-state index contributed by atoms with van der Waals surface area (Å²) in [6.07, 6.45) is 5.27. The molecule has 0 aliphatic heterocycles. The largest absolute Gasteiger partial charge is 0.432 e. The smallest absolute Gasteiger partial charge is 0.297 e. The van der Waals surface area contributed by atoms with E-state index in [0.29, 0.717) is 11.8 Å². The number of anilines is 1. The third kappa shape index (κ3) is 7.51. The summed E-state index contributed by atoms with van der Waals surface area (Å²) in [5.74, 6) is 1.40. The first-order chi connectivity index (χ1) is 10.0. The molecule has 0 fully saturated rings. The van der Waals surface area contributed by atoms with Crippen molar-refractivity contribution in [3.63, 3.8) is 0 Å². The highest BCUT2D eigenvalue weighted by Crippen LogP contribution is 2.17. The lowest BCUT2D eigenvalue weighted by Crippen LogP contribution is -2.28. The Morgan fingerprint density at radius 3 is 2.29 bits per heavy atom. The third-order valence-electron chi connectivity index (χ3n) is 3.50. The molecule has 0 aliphatic rings. The Morgan fingerprint density at radius 2 is 1.76 bits per heavy atom. The monoisotopic (exact) mass is 295 g/mol. The molecule has 1 N–H and O–H groups in total. The van der Waals surface area contributed by atoms with Crippen molar-refractivity contribution < 1.29 is 4.42 Å². The lowest BCUT2D eigenvalue weighted by molar-refractivity contribution is 0.484. The highest BCUT2D eigenvalue weighted by atomic mass is 16.4. The standard InChI is InChI=1S/C17H33N3O/c1-6-9-18-12-16-13-21-17(19-16)20(10-7-14(2)3)11-8-15(4)5/h13-15,18H,6-12H2,1-5H3. The van der Waals surface area contributed by atoms with Gasteiger partial charge in [0, 0.05) is 19.6 Å². The van der Waals surface area contributed by atoms with Gasteiger partial charge in [-0.05, 0) is 37.6 Å². The Morgan fingerprint density at radius 1 is 1.14 bits per heavy atom. The second kappa shape index (κ2) is 9.82. The Bertz CT molecular complexity index is 362. The predicted molar refractivity (Wildman–Crippen MR) is 89.6 cm³/mol. The number of oxazole rings is 1. The highest BCUT2D eigenvalue weighted by molar-refractivity contribution is 5.26. The topological polar surface area (TPSA) is 41.3 Å². The summed E-state index contributed by atoms with van der Waals surface area (Å²) in [5, 5.41) is 3.36. The SMILES string of the molecule is CCCNCc1coc(N(CCC(C)C)CCC(C)C)n1. The average Bonchev–Trinajstić information content (AvgIpc) is 2.87. The van der Waals surface area contributed by atoms with Crippen LogP contribution in [0.3, 0.4) is 0 Å². The summed E-state index contributed by atoms with van der Waals surface area (Å²) in [6.45, 7) is 15.1. The van der Waals surface area contributed by atoms with Crippen LogP contribution in [0.1, 0.15) is 59.6 Å². The minimum Gasteiger partial charge on any atom is -0.432 e. The average molecular weight is 295 g/mol. The summed E-state index contributed by atoms with van der Waals surface area (Å²) in [5.41, 5.74) is 0.998. The van der Waals surface area contributed by atoms with E-state index >= 15 is 0 Å². The third-order valence-corrected chi connectivity index (χ3v) is 3.50. The fourth-order valence-electron chi connectivity index (χ4n) is 2.05. The molecule has 1 rings (SSSR count). The van der Waals surface area contributed by atoms with Crippen molar-refractivity contribution >= 4 is 6.01 Å². The minimum atomic E-state index is 0.701. The lowest BCUT2D eigenvalue weighted by Gasteiger charge is -2.22. The molecule has 1 aromatic heterocycles. The van der Waals surface area contributed by atoms with Gasteiger partial charge in [-0.25, -0.2) is 0 Å². The van der Waals surface area contributed by atoms with Crippen molar-refractivity contribution in [1.29, 1.82) is 0 Å². The zero-order chi connectivity index (χ0) is 15.7. The predicted octanol–water partition coefficient (Wildman–Crippen LogP) is 4.07. The Hall–Kier alpha value is -1.03. The fourth-order valence-corrected chi connectivity index (χ4v) is 2.05. The van der Waals surface area contributed by atoms with E-state index in [9.17, 15) is 0 Å². The van der Waals surface area contributed by atoms with Crippen LogP contribution in [0.4, 0.5) is 6.01 Å². The normalized spacial score (nSPS) is 11.6. The summed E-state index contributed by atoms with van der Waals surface area (Å²) in [4.78, 5) is 6.93. The van der Waals surface area contributed by atoms with Gasteiger partial charge in [-0.3, -0.25) is 0 Å². The number of rotatable bonds is 11. The van der Waals surface area contributed by atoms with E-state index in [-0.39, 0.29) is 0 Å². The Kier molecular flexibility index (Phi) is 8.43. The van der Waals surface area contributed by atoms with Crippen LogP contribution in [0, 0.1) is 11.8 Å². The van der Waals surface area contributed by atoms with Crippen molar-refractivity contribution in [1.82, 2.24) is 10.3 Å². The van der Waals surface area contributed by atoms with E-state index in [0.717, 1.165) is 44.3 Å². The van der Waals surface area contributed by atoms with Crippen LogP contribution in [0.2, 0.25) is 0 Å². The number of nitrogens with zero attached hydrogens (tertiary/aromatic N) is 2.